The fourth-order valence-electron chi connectivity index (χ4n) is 1.74. The van der Waals surface area contributed by atoms with Crippen molar-refractivity contribution < 1.29 is 10.2 Å². The Morgan fingerprint density at radius 2 is 2.18 bits per heavy atom. The van der Waals surface area contributed by atoms with E-state index >= 15 is 0 Å². The summed E-state index contributed by atoms with van der Waals surface area (Å²) in [5, 5.41) is 22.8. The van der Waals surface area contributed by atoms with Crippen molar-refractivity contribution in [2.24, 2.45) is 0 Å². The lowest BCUT2D eigenvalue weighted by atomic mass is 10.1. The van der Waals surface area contributed by atoms with Crippen molar-refractivity contribution in [2.75, 3.05) is 13.2 Å². The van der Waals surface area contributed by atoms with Gasteiger partial charge in [0.15, 0.2) is 0 Å². The Morgan fingerprint density at radius 1 is 1.35 bits per heavy atom. The second kappa shape index (κ2) is 4.87. The molecule has 0 aliphatic heterocycles. The van der Waals surface area contributed by atoms with E-state index in [1.807, 2.05) is 12.3 Å². The molecule has 2 aromatic rings. The number of H-pyrrole nitrogens is 1. The predicted octanol–water partition coefficient (Wildman–Crippen LogP) is 1.00. The van der Waals surface area contributed by atoms with Crippen molar-refractivity contribution in [1.82, 2.24) is 10.3 Å². The van der Waals surface area contributed by atoms with E-state index in [1.165, 1.54) is 5.39 Å². The smallest absolute Gasteiger partial charge is 0.0972 e. The highest BCUT2D eigenvalue weighted by Crippen LogP contribution is 2.14. The number of fused-ring (bicyclic) bond motifs is 1. The minimum atomic E-state index is -1.06. The molecule has 0 saturated heterocycles. The standard InChI is InChI=1S/C13H18N2O2/c1-13(17,9-16)8-14-7-10-2-3-11-4-5-15-12(11)6-10/h2-6,14-17H,7-9H2,1H3. The molecule has 0 amide bonds. The number of aliphatic hydroxyl groups is 2. The minimum Gasteiger partial charge on any atom is -0.393 e. The van der Waals surface area contributed by atoms with E-state index in [9.17, 15) is 5.11 Å². The normalized spacial score (nSPS) is 15.0. The second-order valence-electron chi connectivity index (χ2n) is 4.66. The Balaban J connectivity index is 1.95. The monoisotopic (exact) mass is 234 g/mol. The van der Waals surface area contributed by atoms with Crippen LogP contribution in [0.2, 0.25) is 0 Å². The summed E-state index contributed by atoms with van der Waals surface area (Å²) in [6.07, 6.45) is 1.92. The van der Waals surface area contributed by atoms with Crippen LogP contribution < -0.4 is 5.32 Å². The van der Waals surface area contributed by atoms with Gasteiger partial charge in [-0.1, -0.05) is 12.1 Å². The van der Waals surface area contributed by atoms with Gasteiger partial charge in [-0.2, -0.15) is 0 Å². The van der Waals surface area contributed by atoms with Crippen molar-refractivity contribution in [3.63, 3.8) is 0 Å². The number of aliphatic hydroxyl groups excluding tert-OH is 1. The van der Waals surface area contributed by atoms with Crippen LogP contribution in [0, 0.1) is 0 Å². The molecule has 1 heterocycles. The van der Waals surface area contributed by atoms with Crippen LogP contribution in [-0.2, 0) is 6.54 Å². The SMILES string of the molecule is CC(O)(CO)CNCc1ccc2cc[nH]c2c1. The zero-order chi connectivity index (χ0) is 12.3. The molecule has 92 valence electrons. The number of rotatable bonds is 5. The van der Waals surface area contributed by atoms with Gasteiger partial charge in [-0.25, -0.2) is 0 Å². The molecule has 0 fully saturated rings. The Hall–Kier alpha value is -1.36. The molecule has 1 aromatic carbocycles. The van der Waals surface area contributed by atoms with Crippen molar-refractivity contribution in [3.8, 4) is 0 Å². The number of benzene rings is 1. The van der Waals surface area contributed by atoms with Gasteiger partial charge in [-0.15, -0.1) is 0 Å². The summed E-state index contributed by atoms with van der Waals surface area (Å²) in [6, 6.07) is 8.23. The summed E-state index contributed by atoms with van der Waals surface area (Å²) in [6.45, 7) is 2.40. The van der Waals surface area contributed by atoms with E-state index in [0.717, 1.165) is 11.1 Å². The van der Waals surface area contributed by atoms with E-state index in [1.54, 1.807) is 6.92 Å². The van der Waals surface area contributed by atoms with Gasteiger partial charge in [0.2, 0.25) is 0 Å². The third kappa shape index (κ3) is 3.06. The van der Waals surface area contributed by atoms with Crippen LogP contribution in [0.3, 0.4) is 0 Å². The Morgan fingerprint density at radius 3 is 2.94 bits per heavy atom. The van der Waals surface area contributed by atoms with E-state index in [4.69, 9.17) is 5.11 Å². The fourth-order valence-corrected chi connectivity index (χ4v) is 1.74. The summed E-state index contributed by atoms with van der Waals surface area (Å²) < 4.78 is 0. The molecule has 1 unspecified atom stereocenters. The van der Waals surface area contributed by atoms with Crippen molar-refractivity contribution in [2.45, 2.75) is 19.1 Å². The van der Waals surface area contributed by atoms with Crippen LogP contribution in [0.5, 0.6) is 0 Å². The summed E-state index contributed by atoms with van der Waals surface area (Å²) in [7, 11) is 0. The topological polar surface area (TPSA) is 68.3 Å². The minimum absolute atomic E-state index is 0.240. The van der Waals surface area contributed by atoms with Gasteiger partial charge in [0.1, 0.15) is 0 Å². The highest BCUT2D eigenvalue weighted by molar-refractivity contribution is 5.79. The van der Waals surface area contributed by atoms with Gasteiger partial charge in [0.25, 0.3) is 0 Å². The third-order valence-electron chi connectivity index (χ3n) is 2.80. The number of nitrogens with one attached hydrogen (secondary N) is 2. The number of aromatic amines is 1. The lowest BCUT2D eigenvalue weighted by molar-refractivity contribution is 0.00254. The maximum atomic E-state index is 9.62. The molecule has 0 aliphatic carbocycles. The highest BCUT2D eigenvalue weighted by atomic mass is 16.3. The van der Waals surface area contributed by atoms with Gasteiger partial charge < -0.3 is 20.5 Å². The van der Waals surface area contributed by atoms with Crippen molar-refractivity contribution in [1.29, 1.82) is 0 Å². The number of hydrogen-bond acceptors (Lipinski definition) is 3. The molecular formula is C13H18N2O2. The average Bonchev–Trinajstić information content (AvgIpc) is 2.76. The first-order valence-electron chi connectivity index (χ1n) is 5.71. The van der Waals surface area contributed by atoms with E-state index in [-0.39, 0.29) is 6.61 Å². The fraction of sp³-hybridized carbons (Fsp3) is 0.385. The molecule has 4 heteroatoms. The molecule has 1 aromatic heterocycles. The molecule has 0 aliphatic rings. The first-order valence-corrected chi connectivity index (χ1v) is 5.71. The van der Waals surface area contributed by atoms with Gasteiger partial charge in [-0.05, 0) is 30.0 Å². The van der Waals surface area contributed by atoms with Crippen LogP contribution in [0.1, 0.15) is 12.5 Å². The predicted molar refractivity (Wildman–Crippen MR) is 67.7 cm³/mol. The molecule has 0 saturated carbocycles. The first-order chi connectivity index (χ1) is 8.11. The largest absolute Gasteiger partial charge is 0.393 e. The van der Waals surface area contributed by atoms with Crippen LogP contribution in [0.15, 0.2) is 30.5 Å². The molecule has 4 N–H and O–H groups in total. The summed E-state index contributed by atoms with van der Waals surface area (Å²) in [5.41, 5.74) is 1.20. The zero-order valence-electron chi connectivity index (χ0n) is 9.90. The maximum absolute atomic E-state index is 9.62. The molecule has 17 heavy (non-hydrogen) atoms. The van der Waals surface area contributed by atoms with Gasteiger partial charge in [0, 0.05) is 24.8 Å². The third-order valence-corrected chi connectivity index (χ3v) is 2.80. The summed E-state index contributed by atoms with van der Waals surface area (Å²) in [5.74, 6) is 0. The van der Waals surface area contributed by atoms with E-state index in [0.29, 0.717) is 13.1 Å². The molecular weight excluding hydrogens is 216 g/mol. The Bertz CT molecular complexity index is 491. The Kier molecular flexibility index (Phi) is 3.47. The van der Waals surface area contributed by atoms with E-state index in [2.05, 4.69) is 28.5 Å². The highest BCUT2D eigenvalue weighted by Gasteiger charge is 2.17. The molecule has 4 nitrogen and oxygen atoms in total. The van der Waals surface area contributed by atoms with Gasteiger partial charge >= 0.3 is 0 Å². The number of aromatic nitrogens is 1. The van der Waals surface area contributed by atoms with Crippen molar-refractivity contribution >= 4 is 10.9 Å². The summed E-state index contributed by atoms with van der Waals surface area (Å²) >= 11 is 0. The second-order valence-corrected chi connectivity index (χ2v) is 4.66. The van der Waals surface area contributed by atoms with Gasteiger partial charge in [-0.3, -0.25) is 0 Å². The Labute approximate surface area is 100 Å². The molecule has 0 spiro atoms. The lowest BCUT2D eigenvalue weighted by Crippen LogP contribution is -2.40. The van der Waals surface area contributed by atoms with Crippen molar-refractivity contribution in [3.05, 3.63) is 36.0 Å². The average molecular weight is 234 g/mol. The first kappa shape index (κ1) is 12.1. The summed E-state index contributed by atoms with van der Waals surface area (Å²) in [4.78, 5) is 3.16. The molecule has 1 atom stereocenters. The maximum Gasteiger partial charge on any atom is 0.0972 e. The number of hydrogen-bond donors (Lipinski definition) is 4. The molecule has 0 radical (unpaired) electrons. The quantitative estimate of drug-likeness (QED) is 0.624. The zero-order valence-corrected chi connectivity index (χ0v) is 9.90. The van der Waals surface area contributed by atoms with E-state index < -0.39 is 5.60 Å². The van der Waals surface area contributed by atoms with Crippen LogP contribution in [0.25, 0.3) is 10.9 Å². The van der Waals surface area contributed by atoms with Crippen LogP contribution in [0.4, 0.5) is 0 Å². The molecule has 2 rings (SSSR count). The van der Waals surface area contributed by atoms with Crippen LogP contribution >= 0.6 is 0 Å². The molecule has 0 bridgehead atoms. The lowest BCUT2D eigenvalue weighted by Gasteiger charge is -2.20. The van der Waals surface area contributed by atoms with Crippen LogP contribution in [-0.4, -0.2) is 33.9 Å². The van der Waals surface area contributed by atoms with Gasteiger partial charge in [0.05, 0.1) is 12.2 Å².